The highest BCUT2D eigenvalue weighted by Gasteiger charge is 2.34. The summed E-state index contributed by atoms with van der Waals surface area (Å²) in [5.41, 5.74) is -0.198. The summed E-state index contributed by atoms with van der Waals surface area (Å²) in [4.78, 5) is 13.0. The van der Waals surface area contributed by atoms with Gasteiger partial charge >= 0.3 is 6.18 Å². The summed E-state index contributed by atoms with van der Waals surface area (Å²) < 4.78 is 83.6. The number of sulfone groups is 1. The third-order valence-electron chi connectivity index (χ3n) is 6.42. The zero-order chi connectivity index (χ0) is 29.7. The van der Waals surface area contributed by atoms with E-state index in [0.29, 0.717) is 31.4 Å². The predicted molar refractivity (Wildman–Crippen MR) is 146 cm³/mol. The lowest BCUT2D eigenvalue weighted by Gasteiger charge is -2.34. The van der Waals surface area contributed by atoms with Crippen molar-refractivity contribution < 1.29 is 35.5 Å². The fourth-order valence-electron chi connectivity index (χ4n) is 4.43. The van der Waals surface area contributed by atoms with E-state index in [0.717, 1.165) is 17.9 Å². The molecule has 0 amide bonds. The van der Waals surface area contributed by atoms with Crippen LogP contribution in [0.3, 0.4) is 0 Å². The minimum absolute atomic E-state index is 0.0296. The van der Waals surface area contributed by atoms with Crippen molar-refractivity contribution in [3.63, 3.8) is 0 Å². The molecule has 3 rings (SSSR count). The number of carbonyl (C=O) groups excluding carboxylic acids is 1. The first kappa shape index (κ1) is 31.6. The van der Waals surface area contributed by atoms with Crippen LogP contribution in [-0.4, -0.2) is 45.6 Å². The van der Waals surface area contributed by atoms with Crippen LogP contribution in [0, 0.1) is 5.82 Å². The molecular formula is C29H30ClF4NO4S. The third kappa shape index (κ3) is 8.28. The Kier molecular flexibility index (Phi) is 10.0. The third-order valence-corrected chi connectivity index (χ3v) is 8.02. The minimum atomic E-state index is -4.59. The molecule has 40 heavy (non-hydrogen) atoms. The molecule has 3 aromatic rings. The quantitative estimate of drug-likeness (QED) is 0.128. The van der Waals surface area contributed by atoms with Crippen molar-refractivity contribution in [1.29, 1.82) is 0 Å². The first-order valence-electron chi connectivity index (χ1n) is 12.4. The van der Waals surface area contributed by atoms with Gasteiger partial charge in [0.2, 0.25) is 0 Å². The average molecular weight is 600 g/mol. The summed E-state index contributed by atoms with van der Waals surface area (Å²) in [7, 11) is -3.65. The van der Waals surface area contributed by atoms with Crippen molar-refractivity contribution in [3.8, 4) is 5.75 Å². The van der Waals surface area contributed by atoms with E-state index in [4.69, 9.17) is 16.3 Å². The van der Waals surface area contributed by atoms with Gasteiger partial charge in [0.1, 0.15) is 11.6 Å². The number of hydrogen-bond donors (Lipinski definition) is 0. The Balaban J connectivity index is 1.79. The van der Waals surface area contributed by atoms with Crippen LogP contribution in [0.15, 0.2) is 65.6 Å². The first-order chi connectivity index (χ1) is 18.6. The zero-order valence-electron chi connectivity index (χ0n) is 22.3. The second kappa shape index (κ2) is 12.7. The SMILES string of the molecule is CC(C)(CN(CCCOc1ccc(C=O)c(S(C)(=O)=O)c1)Cc1cccc(C(F)(F)F)c1Cl)c1ccc(F)cc1. The molecule has 0 unspecified atom stereocenters. The summed E-state index contributed by atoms with van der Waals surface area (Å²) in [6.45, 7) is 5.03. The Hall–Kier alpha value is -2.95. The highest BCUT2D eigenvalue weighted by molar-refractivity contribution is 7.90. The van der Waals surface area contributed by atoms with Crippen molar-refractivity contribution >= 4 is 27.7 Å². The van der Waals surface area contributed by atoms with Crippen LogP contribution in [0.2, 0.25) is 5.02 Å². The van der Waals surface area contributed by atoms with E-state index in [1.54, 1.807) is 18.2 Å². The van der Waals surface area contributed by atoms with E-state index >= 15 is 0 Å². The summed E-state index contributed by atoms with van der Waals surface area (Å²) in [6.07, 6.45) is -2.69. The maximum atomic E-state index is 13.5. The lowest BCUT2D eigenvalue weighted by Crippen LogP contribution is -2.38. The van der Waals surface area contributed by atoms with Gasteiger partial charge in [-0.3, -0.25) is 9.69 Å². The molecular weight excluding hydrogens is 570 g/mol. The highest BCUT2D eigenvalue weighted by atomic mass is 35.5. The van der Waals surface area contributed by atoms with Crippen LogP contribution < -0.4 is 4.74 Å². The molecule has 0 aromatic heterocycles. The molecule has 216 valence electrons. The molecule has 0 aliphatic carbocycles. The molecule has 0 atom stereocenters. The van der Waals surface area contributed by atoms with Gasteiger partial charge in [0.25, 0.3) is 0 Å². The standard InChI is InChI=1S/C29H30ClF4NO4S/c1-28(2,22-9-11-23(31)12-10-22)19-35(17-20-6-4-7-25(27(20)30)29(32,33)34)14-5-15-39-24-13-8-21(18-36)26(16-24)40(3,37)38/h4,6-13,16,18H,5,14-15,17,19H2,1-3H3. The number of alkyl halides is 3. The molecule has 0 N–H and O–H groups in total. The molecule has 0 heterocycles. The highest BCUT2D eigenvalue weighted by Crippen LogP contribution is 2.37. The Labute approximate surface area is 236 Å². The van der Waals surface area contributed by atoms with Gasteiger partial charge in [-0.25, -0.2) is 12.8 Å². The van der Waals surface area contributed by atoms with Crippen LogP contribution in [0.25, 0.3) is 0 Å². The molecule has 11 heteroatoms. The molecule has 0 aliphatic heterocycles. The van der Waals surface area contributed by atoms with Gasteiger partial charge in [-0.15, -0.1) is 0 Å². The molecule has 0 spiro atoms. The summed E-state index contributed by atoms with van der Waals surface area (Å²) >= 11 is 6.17. The van der Waals surface area contributed by atoms with Gasteiger partial charge in [0, 0.05) is 36.9 Å². The number of hydrogen-bond acceptors (Lipinski definition) is 5. The van der Waals surface area contributed by atoms with E-state index in [9.17, 15) is 30.8 Å². The van der Waals surface area contributed by atoms with Gasteiger partial charge in [0.05, 0.1) is 22.1 Å². The summed E-state index contributed by atoms with van der Waals surface area (Å²) in [5.74, 6) is -0.102. The first-order valence-corrected chi connectivity index (χ1v) is 14.6. The zero-order valence-corrected chi connectivity index (χ0v) is 23.8. The number of rotatable bonds is 12. The largest absolute Gasteiger partial charge is 0.494 e. The number of nitrogens with zero attached hydrogens (tertiary/aromatic N) is 1. The number of benzene rings is 3. The molecule has 5 nitrogen and oxygen atoms in total. The molecule has 0 saturated heterocycles. The Morgan fingerprint density at radius 2 is 1.70 bits per heavy atom. The average Bonchev–Trinajstić information content (AvgIpc) is 2.86. The Bertz CT molecular complexity index is 1440. The molecule has 0 aliphatic rings. The monoisotopic (exact) mass is 599 g/mol. The minimum Gasteiger partial charge on any atom is -0.494 e. The van der Waals surface area contributed by atoms with Gasteiger partial charge in [-0.1, -0.05) is 49.7 Å². The van der Waals surface area contributed by atoms with Crippen LogP contribution in [0.5, 0.6) is 5.75 Å². The van der Waals surface area contributed by atoms with Gasteiger partial charge in [-0.2, -0.15) is 13.2 Å². The number of ether oxygens (including phenoxy) is 1. The lowest BCUT2D eigenvalue weighted by atomic mass is 9.84. The van der Waals surface area contributed by atoms with Crippen LogP contribution in [0.4, 0.5) is 17.6 Å². The van der Waals surface area contributed by atoms with E-state index in [-0.39, 0.29) is 40.2 Å². The van der Waals surface area contributed by atoms with Gasteiger partial charge < -0.3 is 4.74 Å². The van der Waals surface area contributed by atoms with Crippen LogP contribution >= 0.6 is 11.6 Å². The molecule has 0 fully saturated rings. The number of halogens is 5. The molecule has 0 bridgehead atoms. The van der Waals surface area contributed by atoms with Crippen molar-refractivity contribution in [2.75, 3.05) is 26.0 Å². The summed E-state index contributed by atoms with van der Waals surface area (Å²) in [5, 5.41) is -0.362. The normalized spacial score (nSPS) is 12.5. The molecule has 0 saturated carbocycles. The van der Waals surface area contributed by atoms with E-state index < -0.39 is 27.0 Å². The predicted octanol–water partition coefficient (Wildman–Crippen LogP) is 6.96. The van der Waals surface area contributed by atoms with Crippen LogP contribution in [0.1, 0.15) is 47.3 Å². The fourth-order valence-corrected chi connectivity index (χ4v) is 5.60. The van der Waals surface area contributed by atoms with Crippen molar-refractivity contribution in [2.24, 2.45) is 0 Å². The number of carbonyl (C=O) groups is 1. The summed E-state index contributed by atoms with van der Waals surface area (Å²) in [6, 6.07) is 14.0. The topological polar surface area (TPSA) is 63.7 Å². The smallest absolute Gasteiger partial charge is 0.417 e. The van der Waals surface area contributed by atoms with Crippen molar-refractivity contribution in [1.82, 2.24) is 4.90 Å². The maximum Gasteiger partial charge on any atom is 0.417 e. The van der Waals surface area contributed by atoms with Crippen molar-refractivity contribution in [2.45, 2.75) is 43.3 Å². The molecule has 3 aromatic carbocycles. The van der Waals surface area contributed by atoms with E-state index in [1.165, 1.54) is 36.4 Å². The second-order valence-electron chi connectivity index (χ2n) is 10.2. The second-order valence-corrected chi connectivity index (χ2v) is 12.5. The van der Waals surface area contributed by atoms with Gasteiger partial charge in [-0.05, 0) is 53.9 Å². The van der Waals surface area contributed by atoms with E-state index in [1.807, 2.05) is 18.7 Å². The van der Waals surface area contributed by atoms with Crippen molar-refractivity contribution in [3.05, 3.63) is 93.8 Å². The fraction of sp³-hybridized carbons (Fsp3) is 0.345. The van der Waals surface area contributed by atoms with Gasteiger partial charge in [0.15, 0.2) is 16.1 Å². The van der Waals surface area contributed by atoms with E-state index in [2.05, 4.69) is 0 Å². The Morgan fingerprint density at radius 3 is 2.30 bits per heavy atom. The van der Waals surface area contributed by atoms with Crippen LogP contribution in [-0.2, 0) is 28.0 Å². The number of aldehydes is 1. The Morgan fingerprint density at radius 1 is 1.02 bits per heavy atom. The molecule has 0 radical (unpaired) electrons. The maximum absolute atomic E-state index is 13.5. The lowest BCUT2D eigenvalue weighted by molar-refractivity contribution is -0.137.